The van der Waals surface area contributed by atoms with Crippen LogP contribution >= 0.6 is 0 Å². The van der Waals surface area contributed by atoms with Gasteiger partial charge in [0.05, 0.1) is 5.70 Å². The van der Waals surface area contributed by atoms with Gasteiger partial charge in [-0.05, 0) is 26.0 Å². The van der Waals surface area contributed by atoms with Crippen molar-refractivity contribution in [3.63, 3.8) is 0 Å². The SMILES string of the molecule is CC1=C=CC=C(C)N1. The third-order valence-electron chi connectivity index (χ3n) is 1.02. The highest BCUT2D eigenvalue weighted by molar-refractivity contribution is 5.19. The fourth-order valence-corrected chi connectivity index (χ4v) is 0.665. The van der Waals surface area contributed by atoms with Crippen LogP contribution < -0.4 is 5.32 Å². The van der Waals surface area contributed by atoms with E-state index in [2.05, 4.69) is 11.0 Å². The maximum Gasteiger partial charge on any atom is 0.0548 e. The number of allylic oxidation sites excluding steroid dienone is 3. The average Bonchev–Trinajstić information content (AvgIpc) is 1.64. The second kappa shape index (κ2) is 1.89. The molecule has 0 aliphatic carbocycles. The van der Waals surface area contributed by atoms with E-state index in [9.17, 15) is 0 Å². The largest absolute Gasteiger partial charge is 0.356 e. The standard InChI is InChI=1S/C7H9N/c1-6-4-3-5-7(2)8-6/h3-4,8H,1-2H3. The monoisotopic (exact) mass is 107 g/mol. The van der Waals surface area contributed by atoms with Gasteiger partial charge in [-0.25, -0.2) is 0 Å². The fraction of sp³-hybridized carbons (Fsp3) is 0.286. The molecule has 1 heterocycles. The molecule has 0 radical (unpaired) electrons. The molecule has 1 N–H and O–H groups in total. The van der Waals surface area contributed by atoms with Crippen LogP contribution in [0.5, 0.6) is 0 Å². The van der Waals surface area contributed by atoms with Crippen LogP contribution in [0, 0.1) is 0 Å². The van der Waals surface area contributed by atoms with Gasteiger partial charge in [-0.3, -0.25) is 0 Å². The summed E-state index contributed by atoms with van der Waals surface area (Å²) in [6.45, 7) is 4.02. The molecule has 0 amide bonds. The van der Waals surface area contributed by atoms with Crippen molar-refractivity contribution in [3.8, 4) is 0 Å². The summed E-state index contributed by atoms with van der Waals surface area (Å²) in [5.74, 6) is 0. The number of hydrogen-bond donors (Lipinski definition) is 1. The minimum Gasteiger partial charge on any atom is -0.356 e. The molecule has 0 aromatic rings. The van der Waals surface area contributed by atoms with Crippen molar-refractivity contribution >= 4 is 0 Å². The summed E-state index contributed by atoms with van der Waals surface area (Å²) in [6, 6.07) is 0. The molecule has 8 heavy (non-hydrogen) atoms. The van der Waals surface area contributed by atoms with Crippen LogP contribution in [-0.2, 0) is 0 Å². The number of rotatable bonds is 0. The van der Waals surface area contributed by atoms with Crippen LogP contribution in [0.25, 0.3) is 0 Å². The topological polar surface area (TPSA) is 12.0 Å². The van der Waals surface area contributed by atoms with Crippen molar-refractivity contribution in [2.75, 3.05) is 0 Å². The maximum absolute atomic E-state index is 3.11. The summed E-state index contributed by atoms with van der Waals surface area (Å²) >= 11 is 0. The molecule has 1 aliphatic rings. The fourth-order valence-electron chi connectivity index (χ4n) is 0.665. The lowest BCUT2D eigenvalue weighted by Crippen LogP contribution is -2.08. The first-order valence-electron chi connectivity index (χ1n) is 2.66. The van der Waals surface area contributed by atoms with Crippen LogP contribution in [0.1, 0.15) is 13.8 Å². The Kier molecular flexibility index (Phi) is 1.23. The molecule has 0 fully saturated rings. The lowest BCUT2D eigenvalue weighted by Gasteiger charge is -2.04. The van der Waals surface area contributed by atoms with Gasteiger partial charge in [-0.1, -0.05) is 5.73 Å². The van der Waals surface area contributed by atoms with Crippen LogP contribution in [0.15, 0.2) is 29.3 Å². The summed E-state index contributed by atoms with van der Waals surface area (Å²) in [4.78, 5) is 0. The van der Waals surface area contributed by atoms with Crippen molar-refractivity contribution in [2.24, 2.45) is 0 Å². The van der Waals surface area contributed by atoms with Gasteiger partial charge in [0.25, 0.3) is 0 Å². The normalized spacial score (nSPS) is 16.8. The summed E-state index contributed by atoms with van der Waals surface area (Å²) in [5.41, 5.74) is 5.29. The van der Waals surface area contributed by atoms with E-state index in [1.807, 2.05) is 26.0 Å². The van der Waals surface area contributed by atoms with Gasteiger partial charge < -0.3 is 5.32 Å². The first-order valence-corrected chi connectivity index (χ1v) is 2.66. The summed E-state index contributed by atoms with van der Waals surface area (Å²) < 4.78 is 0. The molecule has 0 bridgehead atoms. The minimum absolute atomic E-state index is 1.09. The smallest absolute Gasteiger partial charge is 0.0548 e. The maximum atomic E-state index is 3.11. The Hall–Kier alpha value is -0.940. The second-order valence-corrected chi connectivity index (χ2v) is 1.91. The number of nitrogens with one attached hydrogen (secondary N) is 1. The molecule has 1 nitrogen and oxygen atoms in total. The lowest BCUT2D eigenvalue weighted by molar-refractivity contribution is 0.962. The van der Waals surface area contributed by atoms with Gasteiger partial charge in [0.15, 0.2) is 0 Å². The molecule has 1 rings (SSSR count). The molecule has 0 saturated carbocycles. The Balaban J connectivity index is 2.83. The zero-order valence-corrected chi connectivity index (χ0v) is 5.15. The van der Waals surface area contributed by atoms with Gasteiger partial charge in [0, 0.05) is 5.70 Å². The van der Waals surface area contributed by atoms with Crippen molar-refractivity contribution < 1.29 is 0 Å². The van der Waals surface area contributed by atoms with E-state index < -0.39 is 0 Å². The predicted octanol–water partition coefficient (Wildman–Crippen LogP) is 1.55. The Labute approximate surface area is 49.4 Å². The molecule has 1 aliphatic heterocycles. The van der Waals surface area contributed by atoms with Crippen molar-refractivity contribution in [3.05, 3.63) is 29.3 Å². The van der Waals surface area contributed by atoms with Crippen LogP contribution in [0.2, 0.25) is 0 Å². The second-order valence-electron chi connectivity index (χ2n) is 1.91. The molecular weight excluding hydrogens is 98.1 g/mol. The summed E-state index contributed by atoms with van der Waals surface area (Å²) in [5, 5.41) is 3.11. The zero-order chi connectivity index (χ0) is 5.98. The van der Waals surface area contributed by atoms with E-state index in [0.717, 1.165) is 5.70 Å². The number of hydrogen-bond acceptors (Lipinski definition) is 1. The first kappa shape index (κ1) is 5.20. The lowest BCUT2D eigenvalue weighted by atomic mass is 10.3. The Morgan fingerprint density at radius 1 is 1.50 bits per heavy atom. The summed E-state index contributed by atoms with van der Waals surface area (Å²) in [7, 11) is 0. The van der Waals surface area contributed by atoms with Crippen LogP contribution in [0.4, 0.5) is 0 Å². The molecular formula is C7H9N. The zero-order valence-electron chi connectivity index (χ0n) is 5.15. The van der Waals surface area contributed by atoms with Crippen molar-refractivity contribution in [2.45, 2.75) is 13.8 Å². The van der Waals surface area contributed by atoms with E-state index in [1.54, 1.807) is 0 Å². The summed E-state index contributed by atoms with van der Waals surface area (Å²) in [6.07, 6.45) is 3.91. The van der Waals surface area contributed by atoms with Gasteiger partial charge in [-0.15, -0.1) is 0 Å². The van der Waals surface area contributed by atoms with E-state index in [-0.39, 0.29) is 0 Å². The first-order chi connectivity index (χ1) is 3.79. The van der Waals surface area contributed by atoms with E-state index in [1.165, 1.54) is 5.70 Å². The minimum atomic E-state index is 1.09. The molecule has 0 saturated heterocycles. The molecule has 1 heteroatoms. The molecule has 0 aromatic heterocycles. The van der Waals surface area contributed by atoms with Gasteiger partial charge >= 0.3 is 0 Å². The van der Waals surface area contributed by atoms with E-state index in [4.69, 9.17) is 0 Å². The van der Waals surface area contributed by atoms with Crippen LogP contribution in [-0.4, -0.2) is 0 Å². The Morgan fingerprint density at radius 3 is 2.62 bits per heavy atom. The van der Waals surface area contributed by atoms with Crippen molar-refractivity contribution in [1.82, 2.24) is 5.32 Å². The van der Waals surface area contributed by atoms with Crippen LogP contribution in [0.3, 0.4) is 0 Å². The quantitative estimate of drug-likeness (QED) is 0.463. The predicted molar refractivity (Wildman–Crippen MR) is 34.2 cm³/mol. The molecule has 0 spiro atoms. The highest BCUT2D eigenvalue weighted by Gasteiger charge is 1.89. The van der Waals surface area contributed by atoms with E-state index >= 15 is 0 Å². The Morgan fingerprint density at radius 2 is 2.25 bits per heavy atom. The van der Waals surface area contributed by atoms with E-state index in [0.29, 0.717) is 0 Å². The molecule has 0 atom stereocenters. The highest BCUT2D eigenvalue weighted by Crippen LogP contribution is 1.97. The van der Waals surface area contributed by atoms with Gasteiger partial charge in [0.1, 0.15) is 0 Å². The molecule has 0 unspecified atom stereocenters. The molecule has 0 aromatic carbocycles. The Bertz CT molecular complexity index is 181. The average molecular weight is 107 g/mol. The van der Waals surface area contributed by atoms with Gasteiger partial charge in [-0.2, -0.15) is 0 Å². The third kappa shape index (κ3) is 1.02. The molecule has 42 valence electrons. The third-order valence-corrected chi connectivity index (χ3v) is 1.02. The highest BCUT2D eigenvalue weighted by atomic mass is 14.9. The van der Waals surface area contributed by atoms with Crippen molar-refractivity contribution in [1.29, 1.82) is 0 Å². The van der Waals surface area contributed by atoms with Gasteiger partial charge in [0.2, 0.25) is 0 Å².